The summed E-state index contributed by atoms with van der Waals surface area (Å²) in [7, 11) is 0. The molecular formula is C48H29BrMg. The minimum atomic E-state index is 0. The quantitative estimate of drug-likeness (QED) is 0.0955. The molecule has 0 aliphatic heterocycles. The fourth-order valence-electron chi connectivity index (χ4n) is 8.45. The van der Waals surface area contributed by atoms with Gasteiger partial charge < -0.3 is 17.0 Å². The number of rotatable bonds is 2. The zero-order valence-electron chi connectivity index (χ0n) is 27.4. The van der Waals surface area contributed by atoms with Gasteiger partial charge in [-0.25, -0.2) is 0 Å². The first-order valence-electron chi connectivity index (χ1n) is 16.9. The fourth-order valence-corrected chi connectivity index (χ4v) is 8.45. The number of fused-ring (bicyclic) bond motifs is 10. The van der Waals surface area contributed by atoms with Crippen LogP contribution in [-0.2, 0) is 12.8 Å². The molecule has 0 nitrogen and oxygen atoms in total. The van der Waals surface area contributed by atoms with Gasteiger partial charge in [-0.1, -0.05) is 91.0 Å². The van der Waals surface area contributed by atoms with E-state index >= 15 is 0 Å². The topological polar surface area (TPSA) is 0 Å². The van der Waals surface area contributed by atoms with Crippen molar-refractivity contribution in [1.29, 1.82) is 0 Å². The van der Waals surface area contributed by atoms with Crippen LogP contribution in [0.15, 0.2) is 152 Å². The first-order chi connectivity index (χ1) is 23.7. The van der Waals surface area contributed by atoms with Crippen molar-refractivity contribution in [1.82, 2.24) is 0 Å². The summed E-state index contributed by atoms with van der Waals surface area (Å²) in [5, 5.41) is 10.3. The van der Waals surface area contributed by atoms with E-state index < -0.39 is 0 Å². The van der Waals surface area contributed by atoms with E-state index in [1.54, 1.807) is 0 Å². The summed E-state index contributed by atoms with van der Waals surface area (Å²) < 4.78 is 0. The van der Waals surface area contributed by atoms with Crippen molar-refractivity contribution in [2.75, 3.05) is 0 Å². The monoisotopic (exact) mass is 708 g/mol. The smallest absolute Gasteiger partial charge is 1.00 e. The molecule has 0 atom stereocenters. The second kappa shape index (κ2) is 12.0. The Labute approximate surface area is 318 Å². The normalized spacial score (nSPS) is 12.3. The minimum Gasteiger partial charge on any atom is -1.00 e. The summed E-state index contributed by atoms with van der Waals surface area (Å²) in [4.78, 5) is 0. The second-order valence-electron chi connectivity index (χ2n) is 13.7. The van der Waals surface area contributed by atoms with Gasteiger partial charge in [0.1, 0.15) is 0 Å². The Morgan fingerprint density at radius 3 is 1.24 bits per heavy atom. The third-order valence-electron chi connectivity index (χ3n) is 10.9. The van der Waals surface area contributed by atoms with Gasteiger partial charge in [-0.3, -0.25) is 0 Å². The molecule has 2 aliphatic rings. The molecule has 2 heteroatoms. The van der Waals surface area contributed by atoms with Crippen LogP contribution in [0.5, 0.6) is 0 Å². The average Bonchev–Trinajstić information content (AvgIpc) is 3.69. The van der Waals surface area contributed by atoms with Crippen LogP contribution in [0.1, 0.15) is 22.3 Å². The predicted octanol–water partition coefficient (Wildman–Crippen LogP) is 9.20. The first kappa shape index (κ1) is 31.3. The van der Waals surface area contributed by atoms with E-state index in [1.165, 1.54) is 110 Å². The Kier molecular flexibility index (Phi) is 7.47. The van der Waals surface area contributed by atoms with Gasteiger partial charge in [0.25, 0.3) is 0 Å². The van der Waals surface area contributed by atoms with Crippen molar-refractivity contribution < 1.29 is 17.0 Å². The van der Waals surface area contributed by atoms with Crippen LogP contribution in [0.2, 0.25) is 0 Å². The van der Waals surface area contributed by atoms with Crippen molar-refractivity contribution in [2.45, 2.75) is 12.8 Å². The van der Waals surface area contributed by atoms with Gasteiger partial charge in [-0.05, 0) is 154 Å². The Morgan fingerprint density at radius 2 is 0.720 bits per heavy atom. The van der Waals surface area contributed by atoms with E-state index in [0.29, 0.717) is 0 Å². The molecule has 0 spiro atoms. The standard InChI is InChI=1S/C48H29.BrH.Mg/c1-2-6-30-18-39-27-41-25-37-19-31(9-10-35(37)20-40(41)26-38(39)17-29(30)5-1)32-12-15-47-43(22-32)28-44-23-34(13-16-48(44)47)33-11-14-46-42(21-33)24-36-7-3-4-8-45(36)46;;/h1-2,4-23,25-27H,24,28H2;1H;/q-1;;+2/p-1. The zero-order chi connectivity index (χ0) is 31.3. The van der Waals surface area contributed by atoms with Gasteiger partial charge in [0.15, 0.2) is 0 Å². The van der Waals surface area contributed by atoms with Crippen LogP contribution in [0.3, 0.4) is 0 Å². The van der Waals surface area contributed by atoms with Crippen LogP contribution >= 0.6 is 0 Å². The molecule has 0 unspecified atom stereocenters. The molecule has 0 saturated heterocycles. The van der Waals surface area contributed by atoms with Crippen molar-refractivity contribution in [2.24, 2.45) is 0 Å². The summed E-state index contributed by atoms with van der Waals surface area (Å²) >= 11 is 0. The first-order valence-corrected chi connectivity index (χ1v) is 16.9. The summed E-state index contributed by atoms with van der Waals surface area (Å²) in [5.41, 5.74) is 16.2. The third-order valence-corrected chi connectivity index (χ3v) is 10.9. The maximum absolute atomic E-state index is 3.25. The molecular weight excluding hydrogens is 681 g/mol. The molecule has 0 radical (unpaired) electrons. The van der Waals surface area contributed by atoms with Gasteiger partial charge in [-0.2, -0.15) is 24.3 Å². The zero-order valence-corrected chi connectivity index (χ0v) is 30.4. The van der Waals surface area contributed by atoms with E-state index in [-0.39, 0.29) is 40.0 Å². The Bertz CT molecular complexity index is 2850. The summed E-state index contributed by atoms with van der Waals surface area (Å²) in [6.07, 6.45) is 1.97. The molecule has 0 bridgehead atoms. The van der Waals surface area contributed by atoms with Gasteiger partial charge >= 0.3 is 23.1 Å². The molecule has 2 aliphatic carbocycles. The Hall–Kier alpha value is -4.73. The summed E-state index contributed by atoms with van der Waals surface area (Å²) in [6, 6.07) is 60.3. The number of benzene rings is 9. The van der Waals surface area contributed by atoms with Crippen LogP contribution in [0.4, 0.5) is 0 Å². The second-order valence-corrected chi connectivity index (χ2v) is 13.7. The van der Waals surface area contributed by atoms with Gasteiger partial charge in [0.2, 0.25) is 0 Å². The molecule has 0 saturated carbocycles. The van der Waals surface area contributed by atoms with Crippen LogP contribution in [0, 0.1) is 6.07 Å². The van der Waals surface area contributed by atoms with E-state index in [4.69, 9.17) is 0 Å². The van der Waals surface area contributed by atoms with Crippen molar-refractivity contribution >= 4 is 66.1 Å². The van der Waals surface area contributed by atoms with Crippen LogP contribution in [0.25, 0.3) is 87.6 Å². The maximum Gasteiger partial charge on any atom is 2.00 e. The maximum atomic E-state index is 3.25. The molecule has 0 N–H and O–H groups in total. The van der Waals surface area contributed by atoms with E-state index in [0.717, 1.165) is 12.8 Å². The van der Waals surface area contributed by atoms with E-state index in [9.17, 15) is 0 Å². The molecule has 0 amide bonds. The molecule has 0 heterocycles. The molecule has 0 aromatic heterocycles. The molecule has 50 heavy (non-hydrogen) atoms. The molecule has 9 aromatic carbocycles. The van der Waals surface area contributed by atoms with Gasteiger partial charge in [-0.15, -0.1) is 11.1 Å². The van der Waals surface area contributed by atoms with Crippen molar-refractivity contribution in [3.63, 3.8) is 0 Å². The predicted molar refractivity (Wildman–Crippen MR) is 208 cm³/mol. The van der Waals surface area contributed by atoms with Crippen molar-refractivity contribution in [3.05, 3.63) is 180 Å². The minimum absolute atomic E-state index is 0. The molecule has 9 aromatic rings. The summed E-state index contributed by atoms with van der Waals surface area (Å²) in [5.74, 6) is 0. The number of hydrogen-bond acceptors (Lipinski definition) is 0. The fraction of sp³-hybridized carbons (Fsp3) is 0.0417. The number of hydrogen-bond donors (Lipinski definition) is 0. The van der Waals surface area contributed by atoms with Crippen molar-refractivity contribution in [3.8, 4) is 44.5 Å². The van der Waals surface area contributed by atoms with Gasteiger partial charge in [0.05, 0.1) is 0 Å². The molecule has 0 fully saturated rings. The van der Waals surface area contributed by atoms with E-state index in [2.05, 4.69) is 152 Å². The molecule has 230 valence electrons. The average molecular weight is 710 g/mol. The van der Waals surface area contributed by atoms with E-state index in [1.807, 2.05) is 6.07 Å². The Morgan fingerprint density at radius 1 is 0.340 bits per heavy atom. The Balaban J connectivity index is 0.00000168. The molecule has 11 rings (SSSR count). The SMILES string of the molecule is [Br-].[Mg+2].[c-]1ccc2c(c1)Cc1cc(-c3ccc4c(c3)Cc3cc(-c5ccc6cc7cc8cc9ccccc9cc8cc7cc6c5)ccc3-4)ccc1-2. The summed E-state index contributed by atoms with van der Waals surface area (Å²) in [6.45, 7) is 0. The van der Waals surface area contributed by atoms with Crippen LogP contribution in [-0.4, -0.2) is 23.1 Å². The number of halogens is 1. The van der Waals surface area contributed by atoms with Crippen LogP contribution < -0.4 is 17.0 Å². The largest absolute Gasteiger partial charge is 2.00 e. The third kappa shape index (κ3) is 4.93. The van der Waals surface area contributed by atoms with Gasteiger partial charge in [0, 0.05) is 0 Å².